The molecule has 0 spiro atoms. The number of hydrogen-bond acceptors (Lipinski definition) is 5. The van der Waals surface area contributed by atoms with Crippen LogP contribution in [-0.2, 0) is 5.60 Å². The first-order chi connectivity index (χ1) is 10.3. The van der Waals surface area contributed by atoms with E-state index in [-0.39, 0.29) is 17.9 Å². The van der Waals surface area contributed by atoms with Crippen LogP contribution >= 0.6 is 27.5 Å². The standard InChI is InChI=1S/C14H13BrClN3O3/c1-14(20,9-3-2-4-10(16)5-9)8-18-13-11(15)6-17-7-12(13)19(21)22/h2-7,20H,8H2,1H3,(H,17,18). The highest BCUT2D eigenvalue weighted by molar-refractivity contribution is 9.10. The second-order valence-corrected chi connectivity index (χ2v) is 6.20. The summed E-state index contributed by atoms with van der Waals surface area (Å²) in [4.78, 5) is 14.3. The molecule has 0 aliphatic carbocycles. The minimum absolute atomic E-state index is 0.0663. The molecular weight excluding hydrogens is 374 g/mol. The van der Waals surface area contributed by atoms with Crippen molar-refractivity contribution in [3.8, 4) is 0 Å². The Kier molecular flexibility index (Phi) is 5.00. The highest BCUT2D eigenvalue weighted by atomic mass is 79.9. The van der Waals surface area contributed by atoms with Crippen molar-refractivity contribution >= 4 is 38.9 Å². The third-order valence-corrected chi connectivity index (χ3v) is 3.97. The third kappa shape index (κ3) is 3.73. The summed E-state index contributed by atoms with van der Waals surface area (Å²) in [7, 11) is 0. The van der Waals surface area contributed by atoms with Crippen LogP contribution in [0.5, 0.6) is 0 Å². The minimum atomic E-state index is -1.25. The molecule has 0 saturated carbocycles. The van der Waals surface area contributed by atoms with Gasteiger partial charge in [-0.2, -0.15) is 0 Å². The molecule has 2 N–H and O–H groups in total. The third-order valence-electron chi connectivity index (χ3n) is 3.13. The second kappa shape index (κ2) is 6.60. The SMILES string of the molecule is CC(O)(CNc1c(Br)cncc1[N+](=O)[O-])c1cccc(Cl)c1. The molecule has 1 aromatic heterocycles. The highest BCUT2D eigenvalue weighted by Gasteiger charge is 2.25. The normalized spacial score (nSPS) is 13.5. The summed E-state index contributed by atoms with van der Waals surface area (Å²) in [6.45, 7) is 1.67. The molecule has 0 saturated heterocycles. The zero-order chi connectivity index (χ0) is 16.3. The molecular formula is C14H13BrClN3O3. The lowest BCUT2D eigenvalue weighted by molar-refractivity contribution is -0.384. The smallest absolute Gasteiger partial charge is 0.311 e. The van der Waals surface area contributed by atoms with E-state index in [9.17, 15) is 15.2 Å². The zero-order valence-corrected chi connectivity index (χ0v) is 13.9. The van der Waals surface area contributed by atoms with Crippen LogP contribution in [0.4, 0.5) is 11.4 Å². The van der Waals surface area contributed by atoms with Gasteiger partial charge in [-0.05, 0) is 40.5 Å². The van der Waals surface area contributed by atoms with Crippen molar-refractivity contribution in [2.45, 2.75) is 12.5 Å². The first kappa shape index (κ1) is 16.7. The van der Waals surface area contributed by atoms with Crippen LogP contribution in [0.25, 0.3) is 0 Å². The lowest BCUT2D eigenvalue weighted by Crippen LogP contribution is -2.31. The van der Waals surface area contributed by atoms with Crippen molar-refractivity contribution in [1.82, 2.24) is 4.98 Å². The molecule has 1 heterocycles. The number of hydrogen-bond donors (Lipinski definition) is 2. The van der Waals surface area contributed by atoms with Crippen molar-refractivity contribution < 1.29 is 10.0 Å². The van der Waals surface area contributed by atoms with Gasteiger partial charge in [0.1, 0.15) is 17.5 Å². The number of rotatable bonds is 5. The molecule has 2 aromatic rings. The number of anilines is 1. The molecule has 22 heavy (non-hydrogen) atoms. The molecule has 1 atom stereocenters. The summed E-state index contributed by atoms with van der Waals surface area (Å²) in [6, 6.07) is 6.83. The molecule has 0 aliphatic heterocycles. The van der Waals surface area contributed by atoms with E-state index in [1.807, 2.05) is 0 Å². The summed E-state index contributed by atoms with van der Waals surface area (Å²) >= 11 is 9.14. The minimum Gasteiger partial charge on any atom is -0.384 e. The number of pyridine rings is 1. The molecule has 6 nitrogen and oxygen atoms in total. The second-order valence-electron chi connectivity index (χ2n) is 4.91. The monoisotopic (exact) mass is 385 g/mol. The molecule has 0 amide bonds. The number of nitro groups is 1. The summed E-state index contributed by atoms with van der Waals surface area (Å²) < 4.78 is 0.448. The molecule has 0 aliphatic rings. The topological polar surface area (TPSA) is 88.3 Å². The Hall–Kier alpha value is -1.70. The molecule has 1 aromatic carbocycles. The Balaban J connectivity index is 2.24. The van der Waals surface area contributed by atoms with E-state index < -0.39 is 10.5 Å². The van der Waals surface area contributed by atoms with Crippen molar-refractivity contribution in [2.24, 2.45) is 0 Å². The molecule has 0 fully saturated rings. The molecule has 2 rings (SSSR count). The summed E-state index contributed by atoms with van der Waals surface area (Å²) in [5, 5.41) is 25.0. The van der Waals surface area contributed by atoms with E-state index in [0.29, 0.717) is 15.1 Å². The van der Waals surface area contributed by atoms with Gasteiger partial charge in [0, 0.05) is 17.8 Å². The van der Waals surface area contributed by atoms with Gasteiger partial charge in [0.2, 0.25) is 0 Å². The molecule has 0 radical (unpaired) electrons. The highest BCUT2D eigenvalue weighted by Crippen LogP contribution is 2.32. The van der Waals surface area contributed by atoms with Gasteiger partial charge in [0.15, 0.2) is 0 Å². The van der Waals surface area contributed by atoms with E-state index in [4.69, 9.17) is 11.6 Å². The number of halogens is 2. The fraction of sp³-hybridized carbons (Fsp3) is 0.214. The quantitative estimate of drug-likeness (QED) is 0.604. The number of aliphatic hydroxyl groups is 1. The first-order valence-corrected chi connectivity index (χ1v) is 7.48. The van der Waals surface area contributed by atoms with Gasteiger partial charge in [-0.15, -0.1) is 0 Å². The van der Waals surface area contributed by atoms with Crippen molar-refractivity contribution in [2.75, 3.05) is 11.9 Å². The van der Waals surface area contributed by atoms with Gasteiger partial charge in [-0.25, -0.2) is 0 Å². The average Bonchev–Trinajstić information content (AvgIpc) is 2.45. The van der Waals surface area contributed by atoms with Crippen molar-refractivity contribution in [3.05, 3.63) is 61.8 Å². The van der Waals surface area contributed by atoms with Gasteiger partial charge < -0.3 is 10.4 Å². The Morgan fingerprint density at radius 2 is 2.23 bits per heavy atom. The Bertz CT molecular complexity index is 709. The van der Waals surface area contributed by atoms with Crippen molar-refractivity contribution in [3.63, 3.8) is 0 Å². The van der Waals surface area contributed by atoms with E-state index in [1.54, 1.807) is 31.2 Å². The van der Waals surface area contributed by atoms with Crippen LogP contribution in [0.1, 0.15) is 12.5 Å². The summed E-state index contributed by atoms with van der Waals surface area (Å²) in [5.41, 5.74) is -0.541. The van der Waals surface area contributed by atoms with Gasteiger partial charge in [-0.1, -0.05) is 23.7 Å². The maximum absolute atomic E-state index is 11.0. The zero-order valence-electron chi connectivity index (χ0n) is 11.6. The number of aromatic nitrogens is 1. The van der Waals surface area contributed by atoms with Crippen molar-refractivity contribution in [1.29, 1.82) is 0 Å². The number of nitrogens with one attached hydrogen (secondary N) is 1. The van der Waals surface area contributed by atoms with E-state index in [2.05, 4.69) is 26.2 Å². The maximum Gasteiger partial charge on any atom is 0.311 e. The Labute approximate surface area is 140 Å². The molecule has 116 valence electrons. The predicted octanol–water partition coefficient (Wildman–Crippen LogP) is 3.73. The van der Waals surface area contributed by atoms with Gasteiger partial charge >= 0.3 is 5.69 Å². The first-order valence-electron chi connectivity index (χ1n) is 6.31. The van der Waals surface area contributed by atoms with Crippen LogP contribution in [0, 0.1) is 10.1 Å². The lowest BCUT2D eigenvalue weighted by Gasteiger charge is -2.25. The largest absolute Gasteiger partial charge is 0.384 e. The van der Waals surface area contributed by atoms with Gasteiger partial charge in [-0.3, -0.25) is 15.1 Å². The summed E-state index contributed by atoms with van der Waals surface area (Å²) in [5.74, 6) is 0. The lowest BCUT2D eigenvalue weighted by atomic mass is 9.96. The molecule has 0 bridgehead atoms. The van der Waals surface area contributed by atoms with Crippen LogP contribution in [0.15, 0.2) is 41.1 Å². The van der Waals surface area contributed by atoms with E-state index in [0.717, 1.165) is 6.20 Å². The Morgan fingerprint density at radius 1 is 1.50 bits per heavy atom. The fourth-order valence-corrected chi connectivity index (χ4v) is 2.58. The van der Waals surface area contributed by atoms with E-state index in [1.165, 1.54) is 6.20 Å². The molecule has 8 heteroatoms. The van der Waals surface area contributed by atoms with Crippen LogP contribution in [0.2, 0.25) is 5.02 Å². The Morgan fingerprint density at radius 3 is 2.86 bits per heavy atom. The summed E-state index contributed by atoms with van der Waals surface area (Å²) in [6.07, 6.45) is 2.60. The number of benzene rings is 1. The fourth-order valence-electron chi connectivity index (χ4n) is 1.92. The van der Waals surface area contributed by atoms with E-state index >= 15 is 0 Å². The van der Waals surface area contributed by atoms with Crippen LogP contribution in [0.3, 0.4) is 0 Å². The maximum atomic E-state index is 11.0. The van der Waals surface area contributed by atoms with Crippen LogP contribution in [-0.4, -0.2) is 21.6 Å². The molecule has 1 unspecified atom stereocenters. The number of nitrogens with zero attached hydrogens (tertiary/aromatic N) is 2. The van der Waals surface area contributed by atoms with Crippen LogP contribution < -0.4 is 5.32 Å². The van der Waals surface area contributed by atoms with Gasteiger partial charge in [0.05, 0.1) is 9.40 Å². The van der Waals surface area contributed by atoms with Gasteiger partial charge in [0.25, 0.3) is 0 Å². The average molecular weight is 387 g/mol. The predicted molar refractivity (Wildman–Crippen MR) is 88.1 cm³/mol.